The Hall–Kier alpha value is -1.58. The lowest BCUT2D eigenvalue weighted by atomic mass is 9.96. The average molecular weight is 401 g/mol. The maximum Gasteiger partial charge on any atom is 0.227 e. The number of carbonyl (C=O) groups is 1. The van der Waals surface area contributed by atoms with Crippen molar-refractivity contribution in [1.82, 2.24) is 9.80 Å². The van der Waals surface area contributed by atoms with E-state index in [1.54, 1.807) is 0 Å². The molecule has 2 heterocycles. The molecule has 2 fully saturated rings. The van der Waals surface area contributed by atoms with Crippen LogP contribution in [0.2, 0.25) is 0 Å². The van der Waals surface area contributed by atoms with E-state index in [1.807, 2.05) is 0 Å². The molecule has 0 bridgehead atoms. The molecule has 152 valence electrons. The van der Waals surface area contributed by atoms with Crippen molar-refractivity contribution in [1.29, 1.82) is 0 Å². The van der Waals surface area contributed by atoms with E-state index in [-0.39, 0.29) is 12.4 Å². The largest absolute Gasteiger partial charge is 0.339 e. The normalized spacial score (nSPS) is 20.7. The third-order valence-electron chi connectivity index (χ3n) is 6.40. The van der Waals surface area contributed by atoms with Crippen LogP contribution in [0.15, 0.2) is 42.5 Å². The maximum atomic E-state index is 13.2. The van der Waals surface area contributed by atoms with Crippen molar-refractivity contribution in [2.24, 2.45) is 0 Å². The molecule has 2 saturated heterocycles. The number of likely N-dealkylation sites (tertiary alicyclic amines) is 2. The van der Waals surface area contributed by atoms with Gasteiger partial charge in [0.15, 0.2) is 0 Å². The first kappa shape index (κ1) is 21.1. The van der Waals surface area contributed by atoms with E-state index >= 15 is 0 Å². The summed E-state index contributed by atoms with van der Waals surface area (Å²) in [6.07, 6.45) is 9.33. The summed E-state index contributed by atoms with van der Waals surface area (Å²) in [7, 11) is 0. The summed E-state index contributed by atoms with van der Waals surface area (Å²) in [6, 6.07) is 15.2. The second kappa shape index (κ2) is 10.3. The minimum Gasteiger partial charge on any atom is -0.339 e. The van der Waals surface area contributed by atoms with E-state index in [0.29, 0.717) is 18.4 Å². The predicted octanol–water partition coefficient (Wildman–Crippen LogP) is 5.06. The van der Waals surface area contributed by atoms with Crippen molar-refractivity contribution in [2.75, 3.05) is 26.2 Å². The molecule has 0 N–H and O–H groups in total. The summed E-state index contributed by atoms with van der Waals surface area (Å²) < 4.78 is 0. The SMILES string of the molecule is Cl.O=C(Cc1cccc2ccccc12)N1CCCCC1CCN1CCCCC1. The zero-order valence-electron chi connectivity index (χ0n) is 16.8. The molecule has 2 aromatic rings. The Morgan fingerprint density at radius 3 is 2.50 bits per heavy atom. The van der Waals surface area contributed by atoms with Gasteiger partial charge in [-0.2, -0.15) is 0 Å². The van der Waals surface area contributed by atoms with Gasteiger partial charge in [-0.05, 0) is 68.0 Å². The van der Waals surface area contributed by atoms with E-state index in [9.17, 15) is 4.79 Å². The first-order valence-electron chi connectivity index (χ1n) is 10.8. The third kappa shape index (κ3) is 5.07. The number of piperidine rings is 2. The molecule has 0 radical (unpaired) electrons. The minimum absolute atomic E-state index is 0. The van der Waals surface area contributed by atoms with Gasteiger partial charge in [-0.25, -0.2) is 0 Å². The number of halogens is 1. The van der Waals surface area contributed by atoms with Gasteiger partial charge in [0.25, 0.3) is 0 Å². The van der Waals surface area contributed by atoms with Gasteiger partial charge in [0, 0.05) is 19.1 Å². The monoisotopic (exact) mass is 400 g/mol. The Morgan fingerprint density at radius 1 is 0.893 bits per heavy atom. The van der Waals surface area contributed by atoms with Gasteiger partial charge in [0.2, 0.25) is 5.91 Å². The summed E-state index contributed by atoms with van der Waals surface area (Å²) in [5.74, 6) is 0.315. The molecule has 0 aromatic heterocycles. The highest BCUT2D eigenvalue weighted by molar-refractivity contribution is 5.90. The van der Waals surface area contributed by atoms with Crippen LogP contribution in [0.25, 0.3) is 10.8 Å². The number of hydrogen-bond donors (Lipinski definition) is 0. The third-order valence-corrected chi connectivity index (χ3v) is 6.40. The van der Waals surface area contributed by atoms with Gasteiger partial charge in [-0.15, -0.1) is 12.4 Å². The number of carbonyl (C=O) groups excluding carboxylic acids is 1. The number of rotatable bonds is 5. The van der Waals surface area contributed by atoms with Crippen LogP contribution in [-0.2, 0) is 11.2 Å². The number of hydrogen-bond acceptors (Lipinski definition) is 2. The molecule has 0 aliphatic carbocycles. The average Bonchev–Trinajstić information content (AvgIpc) is 2.73. The molecule has 1 unspecified atom stereocenters. The Morgan fingerprint density at radius 2 is 1.64 bits per heavy atom. The molecule has 1 amide bonds. The molecule has 2 aliphatic rings. The lowest BCUT2D eigenvalue weighted by molar-refractivity contribution is -0.134. The van der Waals surface area contributed by atoms with Crippen LogP contribution < -0.4 is 0 Å². The molecular weight excluding hydrogens is 368 g/mol. The van der Waals surface area contributed by atoms with Crippen molar-refractivity contribution < 1.29 is 4.79 Å². The molecular formula is C24H33ClN2O. The Kier molecular flexibility index (Phi) is 7.75. The van der Waals surface area contributed by atoms with Gasteiger partial charge >= 0.3 is 0 Å². The molecule has 28 heavy (non-hydrogen) atoms. The van der Waals surface area contributed by atoms with E-state index in [0.717, 1.165) is 25.9 Å². The summed E-state index contributed by atoms with van der Waals surface area (Å²) in [5.41, 5.74) is 1.17. The molecule has 3 nitrogen and oxygen atoms in total. The first-order valence-corrected chi connectivity index (χ1v) is 10.8. The van der Waals surface area contributed by atoms with Crippen molar-refractivity contribution >= 4 is 29.1 Å². The van der Waals surface area contributed by atoms with E-state index in [1.165, 1.54) is 61.5 Å². The lowest BCUT2D eigenvalue weighted by Crippen LogP contribution is -2.46. The zero-order valence-corrected chi connectivity index (χ0v) is 17.6. The predicted molar refractivity (Wildman–Crippen MR) is 119 cm³/mol. The van der Waals surface area contributed by atoms with E-state index in [4.69, 9.17) is 0 Å². The summed E-state index contributed by atoms with van der Waals surface area (Å²) >= 11 is 0. The molecule has 2 aliphatic heterocycles. The lowest BCUT2D eigenvalue weighted by Gasteiger charge is -2.37. The van der Waals surface area contributed by atoms with Crippen molar-refractivity contribution in [2.45, 2.75) is 57.4 Å². The van der Waals surface area contributed by atoms with Crippen LogP contribution >= 0.6 is 12.4 Å². The molecule has 4 heteroatoms. The fourth-order valence-electron chi connectivity index (χ4n) is 4.85. The second-order valence-corrected chi connectivity index (χ2v) is 8.24. The molecule has 1 atom stereocenters. The maximum absolute atomic E-state index is 13.2. The highest BCUT2D eigenvalue weighted by Gasteiger charge is 2.27. The number of fused-ring (bicyclic) bond motifs is 1. The van der Waals surface area contributed by atoms with Crippen molar-refractivity contribution in [3.05, 3.63) is 48.0 Å². The van der Waals surface area contributed by atoms with Gasteiger partial charge in [0.05, 0.1) is 6.42 Å². The molecule has 0 spiro atoms. The summed E-state index contributed by atoms with van der Waals surface area (Å²) in [5, 5.41) is 2.44. The highest BCUT2D eigenvalue weighted by Crippen LogP contribution is 2.24. The van der Waals surface area contributed by atoms with E-state index < -0.39 is 0 Å². The quantitative estimate of drug-likeness (QED) is 0.700. The zero-order chi connectivity index (χ0) is 18.5. The molecule has 4 rings (SSSR count). The Balaban J connectivity index is 0.00000225. The summed E-state index contributed by atoms with van der Waals surface area (Å²) in [4.78, 5) is 18.0. The first-order chi connectivity index (χ1) is 13.3. The van der Waals surface area contributed by atoms with E-state index in [2.05, 4.69) is 52.3 Å². The van der Waals surface area contributed by atoms with Gasteiger partial charge < -0.3 is 9.80 Å². The fourth-order valence-corrected chi connectivity index (χ4v) is 4.85. The van der Waals surface area contributed by atoms with Crippen LogP contribution in [0.5, 0.6) is 0 Å². The smallest absolute Gasteiger partial charge is 0.227 e. The van der Waals surface area contributed by atoms with Gasteiger partial charge in [0.1, 0.15) is 0 Å². The van der Waals surface area contributed by atoms with Crippen LogP contribution in [0, 0.1) is 0 Å². The number of amides is 1. The van der Waals surface area contributed by atoms with Crippen LogP contribution in [0.4, 0.5) is 0 Å². The Bertz CT molecular complexity index is 767. The van der Waals surface area contributed by atoms with Crippen molar-refractivity contribution in [3.8, 4) is 0 Å². The highest BCUT2D eigenvalue weighted by atomic mass is 35.5. The second-order valence-electron chi connectivity index (χ2n) is 8.24. The minimum atomic E-state index is 0. The number of nitrogens with zero attached hydrogens (tertiary/aromatic N) is 2. The fraction of sp³-hybridized carbons (Fsp3) is 0.542. The molecule has 0 saturated carbocycles. The van der Waals surface area contributed by atoms with Crippen LogP contribution in [0.1, 0.15) is 50.5 Å². The van der Waals surface area contributed by atoms with Gasteiger partial charge in [-0.1, -0.05) is 48.9 Å². The van der Waals surface area contributed by atoms with Gasteiger partial charge in [-0.3, -0.25) is 4.79 Å². The van der Waals surface area contributed by atoms with Crippen LogP contribution in [0.3, 0.4) is 0 Å². The summed E-state index contributed by atoms with van der Waals surface area (Å²) in [6.45, 7) is 4.59. The van der Waals surface area contributed by atoms with Crippen molar-refractivity contribution in [3.63, 3.8) is 0 Å². The topological polar surface area (TPSA) is 23.6 Å². The Labute approximate surface area is 175 Å². The number of benzene rings is 2. The van der Waals surface area contributed by atoms with Crippen LogP contribution in [-0.4, -0.2) is 47.9 Å². The molecule has 2 aromatic carbocycles. The standard InChI is InChI=1S/C24H32N2O.ClH/c27-24(19-21-11-8-10-20-9-2-3-13-23(20)21)26-17-7-4-12-22(26)14-18-25-15-5-1-6-16-25;/h2-3,8-11,13,22H,1,4-7,12,14-19H2;1H.